The highest BCUT2D eigenvalue weighted by molar-refractivity contribution is 6.31. The summed E-state index contributed by atoms with van der Waals surface area (Å²) >= 11 is 5.69. The molecule has 1 aliphatic heterocycles. The molecule has 1 aliphatic rings. The van der Waals surface area contributed by atoms with Crippen LogP contribution >= 0.6 is 11.6 Å². The van der Waals surface area contributed by atoms with Gasteiger partial charge in [0.2, 0.25) is 0 Å². The zero-order chi connectivity index (χ0) is 21.5. The summed E-state index contributed by atoms with van der Waals surface area (Å²) in [7, 11) is 0. The Morgan fingerprint density at radius 1 is 1.23 bits per heavy atom. The van der Waals surface area contributed by atoms with Gasteiger partial charge in [0.1, 0.15) is 0 Å². The fraction of sp³-hybridized carbons (Fsp3) is 0.273. The first kappa shape index (κ1) is 20.6. The van der Waals surface area contributed by atoms with Crippen molar-refractivity contribution in [3.05, 3.63) is 69.9 Å². The molecule has 156 valence electrons. The zero-order valence-corrected chi connectivity index (χ0v) is 16.9. The van der Waals surface area contributed by atoms with Gasteiger partial charge in [-0.2, -0.15) is 13.2 Å². The molecule has 0 aliphatic carbocycles. The highest BCUT2D eigenvalue weighted by atomic mass is 35.5. The minimum atomic E-state index is -4.61. The van der Waals surface area contributed by atoms with Crippen molar-refractivity contribution < 1.29 is 18.0 Å². The number of carbonyl (C=O) groups excluding carboxylic acids is 1. The predicted octanol–water partition coefficient (Wildman–Crippen LogP) is 5.54. The van der Waals surface area contributed by atoms with E-state index in [1.807, 2.05) is 31.2 Å². The summed E-state index contributed by atoms with van der Waals surface area (Å²) in [5.74, 6) is -0.460. The van der Waals surface area contributed by atoms with Gasteiger partial charge in [0.25, 0.3) is 5.91 Å². The van der Waals surface area contributed by atoms with Crippen molar-refractivity contribution in [2.45, 2.75) is 26.1 Å². The number of hydrogen-bond donors (Lipinski definition) is 1. The standard InChI is InChI=1S/C22H19ClF3N3O/c1-2-29-10-9-19-15(12-29)20(14-5-3-4-6-18(14)28-19)21(30)27-13-7-8-17(23)16(11-13)22(24,25)26/h3-8,11H,2,9-10,12H2,1H3,(H,27,30). The summed E-state index contributed by atoms with van der Waals surface area (Å²) in [6.45, 7) is 4.30. The normalized spacial score (nSPS) is 14.6. The highest BCUT2D eigenvalue weighted by Crippen LogP contribution is 2.36. The van der Waals surface area contributed by atoms with Crippen LogP contribution in [0.15, 0.2) is 42.5 Å². The van der Waals surface area contributed by atoms with Gasteiger partial charge in [0, 0.05) is 41.8 Å². The lowest BCUT2D eigenvalue weighted by molar-refractivity contribution is -0.137. The molecule has 0 unspecified atom stereocenters. The lowest BCUT2D eigenvalue weighted by Gasteiger charge is -2.29. The van der Waals surface area contributed by atoms with Gasteiger partial charge in [-0.1, -0.05) is 36.7 Å². The molecular weight excluding hydrogens is 415 g/mol. The Kier molecular flexibility index (Phi) is 5.42. The van der Waals surface area contributed by atoms with E-state index in [0.717, 1.165) is 36.5 Å². The van der Waals surface area contributed by atoms with Gasteiger partial charge in [0.15, 0.2) is 0 Å². The predicted molar refractivity (Wildman–Crippen MR) is 111 cm³/mol. The smallest absolute Gasteiger partial charge is 0.322 e. The van der Waals surface area contributed by atoms with Gasteiger partial charge >= 0.3 is 6.18 Å². The van der Waals surface area contributed by atoms with Crippen molar-refractivity contribution in [1.29, 1.82) is 0 Å². The number of likely N-dealkylation sites (N-methyl/N-ethyl adjacent to an activating group) is 1. The number of para-hydroxylation sites is 1. The van der Waals surface area contributed by atoms with Crippen molar-refractivity contribution in [2.24, 2.45) is 0 Å². The maximum Gasteiger partial charge on any atom is 0.417 e. The van der Waals surface area contributed by atoms with E-state index >= 15 is 0 Å². The number of aromatic nitrogens is 1. The van der Waals surface area contributed by atoms with Crippen LogP contribution in [0.1, 0.15) is 34.1 Å². The van der Waals surface area contributed by atoms with E-state index in [2.05, 4.69) is 10.2 Å². The molecule has 1 amide bonds. The number of anilines is 1. The molecular formula is C22H19ClF3N3O. The molecule has 3 aromatic rings. The Hall–Kier alpha value is -2.64. The SMILES string of the molecule is CCN1CCc2nc3ccccc3c(C(=O)Nc3ccc(Cl)c(C(F)(F)F)c3)c2C1. The molecule has 8 heteroatoms. The van der Waals surface area contributed by atoms with Crippen molar-refractivity contribution in [2.75, 3.05) is 18.4 Å². The Labute approximate surface area is 176 Å². The van der Waals surface area contributed by atoms with E-state index in [4.69, 9.17) is 16.6 Å². The molecule has 1 aromatic heterocycles. The average Bonchev–Trinajstić information content (AvgIpc) is 2.72. The van der Waals surface area contributed by atoms with Gasteiger partial charge in [-0.15, -0.1) is 0 Å². The largest absolute Gasteiger partial charge is 0.417 e. The Bertz CT molecular complexity index is 1130. The van der Waals surface area contributed by atoms with Crippen LogP contribution in [0, 0.1) is 0 Å². The molecule has 0 fully saturated rings. The van der Waals surface area contributed by atoms with E-state index in [1.165, 1.54) is 6.07 Å². The van der Waals surface area contributed by atoms with Gasteiger partial charge < -0.3 is 5.32 Å². The molecule has 2 aromatic carbocycles. The minimum Gasteiger partial charge on any atom is -0.322 e. The molecule has 30 heavy (non-hydrogen) atoms. The highest BCUT2D eigenvalue weighted by Gasteiger charge is 2.33. The summed E-state index contributed by atoms with van der Waals surface area (Å²) in [5, 5.41) is 2.90. The van der Waals surface area contributed by atoms with Crippen LogP contribution in [0.2, 0.25) is 5.02 Å². The molecule has 0 bridgehead atoms. The summed E-state index contributed by atoms with van der Waals surface area (Å²) in [5.41, 5.74) is 1.88. The number of benzene rings is 2. The van der Waals surface area contributed by atoms with Crippen LogP contribution in [0.3, 0.4) is 0 Å². The maximum atomic E-state index is 13.3. The maximum absolute atomic E-state index is 13.3. The number of nitrogens with one attached hydrogen (secondary N) is 1. The quantitative estimate of drug-likeness (QED) is 0.590. The first-order valence-corrected chi connectivity index (χ1v) is 9.96. The van der Waals surface area contributed by atoms with Crippen molar-refractivity contribution in [1.82, 2.24) is 9.88 Å². The van der Waals surface area contributed by atoms with Crippen LogP contribution in [-0.4, -0.2) is 28.9 Å². The molecule has 0 saturated carbocycles. The molecule has 2 heterocycles. The molecule has 0 radical (unpaired) electrons. The molecule has 0 saturated heterocycles. The number of nitrogens with zero attached hydrogens (tertiary/aromatic N) is 2. The number of amides is 1. The van der Waals surface area contributed by atoms with Gasteiger partial charge in [-0.3, -0.25) is 14.7 Å². The number of carbonyl (C=O) groups is 1. The summed E-state index contributed by atoms with van der Waals surface area (Å²) in [6.07, 6.45) is -3.89. The van der Waals surface area contributed by atoms with E-state index in [1.54, 1.807) is 0 Å². The number of hydrogen-bond acceptors (Lipinski definition) is 3. The number of alkyl halides is 3. The van der Waals surface area contributed by atoms with E-state index in [9.17, 15) is 18.0 Å². The number of fused-ring (bicyclic) bond motifs is 2. The fourth-order valence-electron chi connectivity index (χ4n) is 3.79. The van der Waals surface area contributed by atoms with Gasteiger partial charge in [-0.05, 0) is 30.8 Å². The lowest BCUT2D eigenvalue weighted by atomic mass is 9.95. The van der Waals surface area contributed by atoms with Crippen molar-refractivity contribution >= 4 is 34.1 Å². The zero-order valence-electron chi connectivity index (χ0n) is 16.2. The lowest BCUT2D eigenvalue weighted by Crippen LogP contribution is -2.33. The van der Waals surface area contributed by atoms with E-state index < -0.39 is 22.7 Å². The van der Waals surface area contributed by atoms with Crippen molar-refractivity contribution in [3.8, 4) is 0 Å². The second-order valence-electron chi connectivity index (χ2n) is 7.19. The third kappa shape index (κ3) is 3.87. The third-order valence-electron chi connectivity index (χ3n) is 5.33. The van der Waals surface area contributed by atoms with Crippen LogP contribution < -0.4 is 5.32 Å². The molecule has 0 atom stereocenters. The summed E-state index contributed by atoms with van der Waals surface area (Å²) in [4.78, 5) is 20.2. The van der Waals surface area contributed by atoms with Gasteiger partial charge in [0.05, 0.1) is 21.7 Å². The average molecular weight is 434 g/mol. The van der Waals surface area contributed by atoms with Gasteiger partial charge in [-0.25, -0.2) is 0 Å². The number of rotatable bonds is 3. The first-order valence-electron chi connectivity index (χ1n) is 9.59. The Morgan fingerprint density at radius 3 is 2.73 bits per heavy atom. The number of pyridine rings is 1. The first-order chi connectivity index (χ1) is 14.3. The molecule has 4 rings (SSSR count). The fourth-order valence-corrected chi connectivity index (χ4v) is 4.01. The van der Waals surface area contributed by atoms with Crippen LogP contribution in [0.4, 0.5) is 18.9 Å². The molecule has 0 spiro atoms. The van der Waals surface area contributed by atoms with Crippen molar-refractivity contribution in [3.63, 3.8) is 0 Å². The Morgan fingerprint density at radius 2 is 2.00 bits per heavy atom. The summed E-state index contributed by atoms with van der Waals surface area (Å²) in [6, 6.07) is 10.7. The topological polar surface area (TPSA) is 45.2 Å². The minimum absolute atomic E-state index is 0.0366. The second kappa shape index (κ2) is 7.89. The van der Waals surface area contributed by atoms with E-state index in [-0.39, 0.29) is 5.69 Å². The molecule has 4 nitrogen and oxygen atoms in total. The second-order valence-corrected chi connectivity index (χ2v) is 7.60. The number of halogens is 4. The monoisotopic (exact) mass is 433 g/mol. The third-order valence-corrected chi connectivity index (χ3v) is 5.66. The Balaban J connectivity index is 1.79. The summed E-state index contributed by atoms with van der Waals surface area (Å²) < 4.78 is 39.6. The van der Waals surface area contributed by atoms with Crippen LogP contribution in [0.5, 0.6) is 0 Å². The van der Waals surface area contributed by atoms with Crippen LogP contribution in [0.25, 0.3) is 10.9 Å². The molecule has 1 N–H and O–H groups in total. The van der Waals surface area contributed by atoms with Crippen LogP contribution in [-0.2, 0) is 19.1 Å². The van der Waals surface area contributed by atoms with E-state index in [0.29, 0.717) is 29.4 Å².